The van der Waals surface area contributed by atoms with E-state index in [9.17, 15) is 13.6 Å². The van der Waals surface area contributed by atoms with Crippen LogP contribution in [0.3, 0.4) is 0 Å². The number of aryl methyl sites for hydroxylation is 4. The molecule has 0 saturated heterocycles. The first kappa shape index (κ1) is 23.2. The molecule has 0 aliphatic heterocycles. The van der Waals surface area contributed by atoms with Crippen molar-refractivity contribution >= 4 is 10.8 Å². The molecule has 1 aromatic heterocycles. The predicted octanol–water partition coefficient (Wildman–Crippen LogP) is 7.46. The number of fused-ring (bicyclic) bond motifs is 1. The third kappa shape index (κ3) is 6.25. The molecular formula is C27H32F2O2. The van der Waals surface area contributed by atoms with E-state index in [-0.39, 0.29) is 11.2 Å². The highest BCUT2D eigenvalue weighted by Gasteiger charge is 2.13. The molecule has 0 unspecified atom stereocenters. The zero-order chi connectivity index (χ0) is 22.2. The lowest BCUT2D eigenvalue weighted by Crippen LogP contribution is -2.06. The largest absolute Gasteiger partial charge is 0.428 e. The number of hydrogen-bond donors (Lipinski definition) is 0. The molecule has 3 rings (SSSR count). The van der Waals surface area contributed by atoms with Gasteiger partial charge in [-0.25, -0.2) is 13.6 Å². The third-order valence-electron chi connectivity index (χ3n) is 5.92. The highest BCUT2D eigenvalue weighted by Crippen LogP contribution is 2.22. The molecule has 0 spiro atoms. The van der Waals surface area contributed by atoms with Crippen LogP contribution in [0.1, 0.15) is 74.3 Å². The molecule has 0 saturated carbocycles. The van der Waals surface area contributed by atoms with Crippen LogP contribution in [0.4, 0.5) is 8.78 Å². The fraction of sp³-hybridized carbons (Fsp3) is 0.444. The van der Waals surface area contributed by atoms with Gasteiger partial charge >= 0.3 is 5.63 Å². The van der Waals surface area contributed by atoms with Crippen molar-refractivity contribution in [1.82, 2.24) is 0 Å². The Kier molecular flexibility index (Phi) is 8.39. The summed E-state index contributed by atoms with van der Waals surface area (Å²) >= 11 is 0. The fourth-order valence-corrected chi connectivity index (χ4v) is 4.10. The second-order valence-corrected chi connectivity index (χ2v) is 8.44. The molecule has 4 heteroatoms. The zero-order valence-corrected chi connectivity index (χ0v) is 18.6. The average Bonchev–Trinajstić information content (AvgIpc) is 2.73. The summed E-state index contributed by atoms with van der Waals surface area (Å²) in [5, 5.41) is 0.523. The van der Waals surface area contributed by atoms with E-state index < -0.39 is 11.4 Å². The Hall–Kier alpha value is -2.49. The van der Waals surface area contributed by atoms with Gasteiger partial charge in [-0.1, -0.05) is 69.7 Å². The van der Waals surface area contributed by atoms with E-state index in [1.807, 2.05) is 12.1 Å². The topological polar surface area (TPSA) is 30.2 Å². The van der Waals surface area contributed by atoms with Crippen molar-refractivity contribution < 1.29 is 13.2 Å². The van der Waals surface area contributed by atoms with Crippen molar-refractivity contribution in [3.05, 3.63) is 80.9 Å². The Bertz CT molecular complexity index is 1070. The van der Waals surface area contributed by atoms with Gasteiger partial charge in [-0.05, 0) is 66.8 Å². The molecule has 0 aliphatic rings. The summed E-state index contributed by atoms with van der Waals surface area (Å²) in [6, 6.07) is 10.4. The predicted molar refractivity (Wildman–Crippen MR) is 123 cm³/mol. The number of unbranched alkanes of at least 4 members (excludes halogenated alkanes) is 6. The van der Waals surface area contributed by atoms with Crippen molar-refractivity contribution in [3.63, 3.8) is 0 Å². The van der Waals surface area contributed by atoms with Gasteiger partial charge in [0.15, 0.2) is 0 Å². The van der Waals surface area contributed by atoms with Crippen LogP contribution in [0.15, 0.2) is 45.6 Å². The van der Waals surface area contributed by atoms with Crippen molar-refractivity contribution in [3.8, 4) is 0 Å². The van der Waals surface area contributed by atoms with Crippen molar-refractivity contribution in [2.24, 2.45) is 0 Å². The standard InChI is InChI=1S/C27H32F2O2/c1-3-4-5-6-7-8-9-10-21-13-11-20(18-24(21)28)12-14-22-15-16-23-17-19(2)31-27(30)25(23)26(22)29/h11,13,15-18H,3-10,12,14H2,1-2H3. The van der Waals surface area contributed by atoms with Gasteiger partial charge < -0.3 is 4.42 Å². The summed E-state index contributed by atoms with van der Waals surface area (Å²) in [5.74, 6) is -0.266. The molecule has 1 heterocycles. The first-order valence-corrected chi connectivity index (χ1v) is 11.5. The number of halogens is 2. The van der Waals surface area contributed by atoms with Gasteiger partial charge in [0.05, 0.1) is 0 Å². The summed E-state index contributed by atoms with van der Waals surface area (Å²) < 4.78 is 34.4. The Balaban J connectivity index is 1.57. The minimum atomic E-state index is -0.657. The lowest BCUT2D eigenvalue weighted by Gasteiger charge is -2.09. The van der Waals surface area contributed by atoms with Crippen LogP contribution in [0.5, 0.6) is 0 Å². The van der Waals surface area contributed by atoms with Crippen molar-refractivity contribution in [2.75, 3.05) is 0 Å². The number of rotatable bonds is 11. The zero-order valence-electron chi connectivity index (χ0n) is 18.6. The van der Waals surface area contributed by atoms with Crippen LogP contribution in [0.25, 0.3) is 10.8 Å². The lowest BCUT2D eigenvalue weighted by molar-refractivity contribution is 0.484. The molecular weight excluding hydrogens is 394 g/mol. The van der Waals surface area contributed by atoms with Gasteiger partial charge in [-0.3, -0.25) is 0 Å². The summed E-state index contributed by atoms with van der Waals surface area (Å²) in [4.78, 5) is 12.0. The van der Waals surface area contributed by atoms with Crippen LogP contribution in [0.2, 0.25) is 0 Å². The highest BCUT2D eigenvalue weighted by molar-refractivity contribution is 5.82. The van der Waals surface area contributed by atoms with Crippen LogP contribution < -0.4 is 5.63 Å². The van der Waals surface area contributed by atoms with Crippen LogP contribution >= 0.6 is 0 Å². The summed E-state index contributed by atoms with van der Waals surface area (Å²) in [7, 11) is 0. The minimum Gasteiger partial charge on any atom is -0.428 e. The van der Waals surface area contributed by atoms with E-state index in [0.29, 0.717) is 29.6 Å². The van der Waals surface area contributed by atoms with Crippen LogP contribution in [-0.2, 0) is 19.3 Å². The van der Waals surface area contributed by atoms with Crippen molar-refractivity contribution in [1.29, 1.82) is 0 Å². The summed E-state index contributed by atoms with van der Waals surface area (Å²) in [5.41, 5.74) is 1.37. The van der Waals surface area contributed by atoms with E-state index in [1.54, 1.807) is 31.2 Å². The Morgan fingerprint density at radius 1 is 0.806 bits per heavy atom. The number of benzene rings is 2. The molecule has 2 nitrogen and oxygen atoms in total. The maximum atomic E-state index is 14.8. The Morgan fingerprint density at radius 2 is 1.52 bits per heavy atom. The van der Waals surface area contributed by atoms with E-state index >= 15 is 0 Å². The van der Waals surface area contributed by atoms with Gasteiger partial charge in [0, 0.05) is 0 Å². The van der Waals surface area contributed by atoms with E-state index in [2.05, 4.69) is 6.92 Å². The van der Waals surface area contributed by atoms with Gasteiger partial charge in [-0.15, -0.1) is 0 Å². The molecule has 0 N–H and O–H groups in total. The second-order valence-electron chi connectivity index (χ2n) is 8.44. The minimum absolute atomic E-state index is 0.0145. The van der Waals surface area contributed by atoms with E-state index in [1.165, 1.54) is 32.1 Å². The van der Waals surface area contributed by atoms with E-state index in [4.69, 9.17) is 4.42 Å². The maximum absolute atomic E-state index is 14.8. The molecule has 31 heavy (non-hydrogen) atoms. The SMILES string of the molecule is CCCCCCCCCc1ccc(CCc2ccc3cc(C)oc(=O)c3c2F)cc1F. The normalized spacial score (nSPS) is 11.4. The van der Waals surface area contributed by atoms with Crippen LogP contribution in [-0.4, -0.2) is 0 Å². The Morgan fingerprint density at radius 3 is 2.26 bits per heavy atom. The van der Waals surface area contributed by atoms with Gasteiger partial charge in [0.25, 0.3) is 0 Å². The van der Waals surface area contributed by atoms with E-state index in [0.717, 1.165) is 30.4 Å². The first-order valence-electron chi connectivity index (χ1n) is 11.5. The van der Waals surface area contributed by atoms with Gasteiger partial charge in [-0.2, -0.15) is 0 Å². The molecule has 2 aromatic carbocycles. The lowest BCUT2D eigenvalue weighted by atomic mass is 9.98. The second kappa shape index (κ2) is 11.2. The summed E-state index contributed by atoms with van der Waals surface area (Å²) in [6.07, 6.45) is 10.1. The molecule has 0 amide bonds. The Labute approximate surface area is 183 Å². The average molecular weight is 427 g/mol. The number of hydrogen-bond acceptors (Lipinski definition) is 2. The molecule has 0 bridgehead atoms. The molecule has 0 atom stereocenters. The smallest absolute Gasteiger partial charge is 0.346 e. The van der Waals surface area contributed by atoms with Gasteiger partial charge in [0.1, 0.15) is 22.8 Å². The molecule has 166 valence electrons. The molecule has 0 aliphatic carbocycles. The van der Waals surface area contributed by atoms with Crippen LogP contribution in [0, 0.1) is 18.6 Å². The quantitative estimate of drug-likeness (QED) is 0.298. The fourth-order valence-electron chi connectivity index (χ4n) is 4.10. The summed E-state index contributed by atoms with van der Waals surface area (Å²) in [6.45, 7) is 3.88. The molecule has 0 fully saturated rings. The maximum Gasteiger partial charge on any atom is 0.346 e. The monoisotopic (exact) mass is 426 g/mol. The van der Waals surface area contributed by atoms with Crippen molar-refractivity contribution in [2.45, 2.75) is 78.1 Å². The van der Waals surface area contributed by atoms with Gasteiger partial charge in [0.2, 0.25) is 0 Å². The molecule has 3 aromatic rings. The first-order chi connectivity index (χ1) is 15.0. The molecule has 0 radical (unpaired) electrons. The highest BCUT2D eigenvalue weighted by atomic mass is 19.1. The third-order valence-corrected chi connectivity index (χ3v) is 5.92.